The van der Waals surface area contributed by atoms with Gasteiger partial charge in [-0.15, -0.1) is 0 Å². The van der Waals surface area contributed by atoms with Crippen molar-refractivity contribution in [3.05, 3.63) is 11.1 Å². The highest BCUT2D eigenvalue weighted by Gasteiger charge is 2.73. The smallest absolute Gasteiger partial charge is 0.203 e. The Bertz CT molecular complexity index is 589. The highest BCUT2D eigenvalue weighted by atomic mass is 28.4. The monoisotopic (exact) mass is 364 g/mol. The minimum Gasteiger partial charge on any atom is -0.408 e. The summed E-state index contributed by atoms with van der Waals surface area (Å²) in [4.78, 5) is 12.7. The number of hydrogen-bond acceptors (Lipinski definition) is 4. The summed E-state index contributed by atoms with van der Waals surface area (Å²) in [5.74, 6) is -0.145. The summed E-state index contributed by atoms with van der Waals surface area (Å²) in [7, 11) is -1.83. The molecule has 1 saturated heterocycles. The van der Waals surface area contributed by atoms with Crippen LogP contribution in [0.4, 0.5) is 0 Å². The number of Topliss-reactive ketones (excluding diaryl/α,β-unsaturated/α-hetero) is 1. The normalized spacial score (nSPS) is 32.7. The van der Waals surface area contributed by atoms with Crippen LogP contribution in [0.1, 0.15) is 53.4 Å². The number of fused-ring (bicyclic) bond motifs is 2. The number of ether oxygens (including phenoxy) is 2. The Morgan fingerprint density at radius 1 is 1.12 bits per heavy atom. The Labute approximate surface area is 152 Å². The van der Waals surface area contributed by atoms with Gasteiger partial charge in [0.15, 0.2) is 14.1 Å². The van der Waals surface area contributed by atoms with Crippen molar-refractivity contribution in [3.8, 4) is 0 Å². The molecule has 1 aliphatic heterocycles. The van der Waals surface area contributed by atoms with Gasteiger partial charge in [-0.3, -0.25) is 4.79 Å². The number of rotatable bonds is 5. The van der Waals surface area contributed by atoms with Crippen molar-refractivity contribution in [2.45, 2.75) is 83.4 Å². The van der Waals surface area contributed by atoms with Crippen LogP contribution in [0.15, 0.2) is 11.1 Å². The number of carbonyl (C=O) groups is 1. The predicted molar refractivity (Wildman–Crippen MR) is 98.8 cm³/mol. The van der Waals surface area contributed by atoms with Crippen LogP contribution in [0, 0.1) is 11.3 Å². The Kier molecular flexibility index (Phi) is 4.30. The summed E-state index contributed by atoms with van der Waals surface area (Å²) in [6, 6.07) is 3.33. The maximum atomic E-state index is 12.7. The zero-order valence-electron chi connectivity index (χ0n) is 16.2. The lowest BCUT2D eigenvalue weighted by atomic mass is 9.69. The minimum absolute atomic E-state index is 0.103. The fourth-order valence-electron chi connectivity index (χ4n) is 5.76. The molecular formula is C20H32O4Si. The fraction of sp³-hybridized carbons (Fsp3) is 0.850. The molecule has 0 N–H and O–H groups in total. The SMILES string of the molecule is CC[Si](CC)(CC)O[C@H]1[C@H]2CCC(=O)C2=C(C)C2(CC2)C12OCCO2. The molecule has 0 aromatic rings. The zero-order chi connectivity index (χ0) is 17.9. The molecule has 0 amide bonds. The number of ketones is 1. The van der Waals surface area contributed by atoms with Gasteiger partial charge in [-0.25, -0.2) is 0 Å². The third kappa shape index (κ3) is 2.25. The van der Waals surface area contributed by atoms with E-state index in [1.54, 1.807) is 0 Å². The number of carbonyl (C=O) groups excluding carboxylic acids is 1. The van der Waals surface area contributed by atoms with Crippen LogP contribution in [0.5, 0.6) is 0 Å². The summed E-state index contributed by atoms with van der Waals surface area (Å²) in [5.41, 5.74) is 2.20. The quantitative estimate of drug-likeness (QED) is 0.686. The molecule has 0 bridgehead atoms. The molecule has 2 saturated carbocycles. The molecule has 3 fully saturated rings. The van der Waals surface area contributed by atoms with Crippen molar-refractivity contribution in [1.29, 1.82) is 0 Å². The molecule has 0 aromatic carbocycles. The van der Waals surface area contributed by atoms with Gasteiger partial charge in [-0.2, -0.15) is 0 Å². The lowest BCUT2D eigenvalue weighted by Gasteiger charge is -2.51. The van der Waals surface area contributed by atoms with Gasteiger partial charge in [-0.05, 0) is 44.3 Å². The molecule has 5 heteroatoms. The summed E-state index contributed by atoms with van der Waals surface area (Å²) in [5, 5.41) is 0. The van der Waals surface area contributed by atoms with Crippen LogP contribution in [-0.2, 0) is 18.7 Å². The van der Waals surface area contributed by atoms with Crippen molar-refractivity contribution in [2.24, 2.45) is 11.3 Å². The highest BCUT2D eigenvalue weighted by molar-refractivity contribution is 6.73. The third-order valence-electron chi connectivity index (χ3n) is 7.66. The van der Waals surface area contributed by atoms with Crippen LogP contribution in [0.2, 0.25) is 18.1 Å². The second-order valence-corrected chi connectivity index (χ2v) is 13.1. The molecule has 4 rings (SSSR count). The minimum atomic E-state index is -1.83. The first-order valence-corrected chi connectivity index (χ1v) is 12.7. The van der Waals surface area contributed by atoms with Gasteiger partial charge in [0, 0.05) is 23.3 Å². The molecule has 0 radical (unpaired) electrons. The van der Waals surface area contributed by atoms with Crippen LogP contribution in [0.25, 0.3) is 0 Å². The van der Waals surface area contributed by atoms with E-state index in [0.29, 0.717) is 25.4 Å². The Morgan fingerprint density at radius 2 is 1.72 bits per heavy atom. The molecule has 2 atom stereocenters. The molecule has 4 nitrogen and oxygen atoms in total. The molecular weight excluding hydrogens is 332 g/mol. The van der Waals surface area contributed by atoms with E-state index in [4.69, 9.17) is 13.9 Å². The fourth-order valence-corrected chi connectivity index (χ4v) is 8.62. The number of hydrogen-bond donors (Lipinski definition) is 0. The summed E-state index contributed by atoms with van der Waals surface area (Å²) < 4.78 is 19.8. The predicted octanol–water partition coefficient (Wildman–Crippen LogP) is 4.21. The van der Waals surface area contributed by atoms with Gasteiger partial charge >= 0.3 is 0 Å². The molecule has 25 heavy (non-hydrogen) atoms. The van der Waals surface area contributed by atoms with Crippen LogP contribution in [-0.4, -0.2) is 39.2 Å². The molecule has 1 heterocycles. The topological polar surface area (TPSA) is 44.8 Å². The highest BCUT2D eigenvalue weighted by Crippen LogP contribution is 2.69. The van der Waals surface area contributed by atoms with E-state index in [-0.39, 0.29) is 17.4 Å². The summed E-state index contributed by atoms with van der Waals surface area (Å²) >= 11 is 0. The first-order chi connectivity index (χ1) is 12.0. The van der Waals surface area contributed by atoms with Gasteiger partial charge in [0.2, 0.25) is 5.79 Å². The summed E-state index contributed by atoms with van der Waals surface area (Å²) in [6.45, 7) is 10.2. The van der Waals surface area contributed by atoms with E-state index in [0.717, 1.165) is 43.0 Å². The van der Waals surface area contributed by atoms with Crippen molar-refractivity contribution in [2.75, 3.05) is 13.2 Å². The van der Waals surface area contributed by atoms with E-state index in [9.17, 15) is 4.79 Å². The lowest BCUT2D eigenvalue weighted by molar-refractivity contribution is -0.262. The van der Waals surface area contributed by atoms with Crippen molar-refractivity contribution < 1.29 is 18.7 Å². The van der Waals surface area contributed by atoms with Gasteiger partial charge in [0.25, 0.3) is 0 Å². The van der Waals surface area contributed by atoms with E-state index >= 15 is 0 Å². The first-order valence-electron chi connectivity index (χ1n) is 10.2. The lowest BCUT2D eigenvalue weighted by Crippen LogP contribution is -2.62. The average molecular weight is 365 g/mol. The summed E-state index contributed by atoms with van der Waals surface area (Å²) in [6.07, 6.45) is 3.56. The zero-order valence-corrected chi connectivity index (χ0v) is 17.2. The molecule has 4 aliphatic rings. The Morgan fingerprint density at radius 3 is 2.24 bits per heavy atom. The van der Waals surface area contributed by atoms with Crippen molar-refractivity contribution in [1.82, 2.24) is 0 Å². The van der Waals surface area contributed by atoms with Crippen LogP contribution < -0.4 is 0 Å². The largest absolute Gasteiger partial charge is 0.408 e. The maximum Gasteiger partial charge on any atom is 0.203 e. The van der Waals surface area contributed by atoms with Gasteiger partial charge < -0.3 is 13.9 Å². The molecule has 140 valence electrons. The third-order valence-corrected chi connectivity index (χ3v) is 12.3. The van der Waals surface area contributed by atoms with Gasteiger partial charge in [-0.1, -0.05) is 26.3 Å². The van der Waals surface area contributed by atoms with Crippen LogP contribution >= 0.6 is 0 Å². The Hall–Kier alpha value is -0.493. The maximum absolute atomic E-state index is 12.7. The van der Waals surface area contributed by atoms with Crippen molar-refractivity contribution >= 4 is 14.1 Å². The van der Waals surface area contributed by atoms with Crippen molar-refractivity contribution in [3.63, 3.8) is 0 Å². The Balaban J connectivity index is 1.82. The second-order valence-electron chi connectivity index (χ2n) is 8.34. The van der Waals surface area contributed by atoms with Gasteiger partial charge in [0.05, 0.1) is 13.2 Å². The van der Waals surface area contributed by atoms with Gasteiger partial charge in [0.1, 0.15) is 6.10 Å². The standard InChI is InChI=1S/C20H32O4Si/c1-5-25(6-2,7-3)24-18-15-8-9-16(21)17(15)14(4)19(10-11-19)20(18)22-12-13-23-20/h15,18H,5-13H2,1-4H3/t15-,18-/m0/s1. The molecule has 0 aromatic heterocycles. The van der Waals surface area contributed by atoms with E-state index in [2.05, 4.69) is 27.7 Å². The molecule has 2 spiro atoms. The van der Waals surface area contributed by atoms with E-state index in [1.165, 1.54) is 5.57 Å². The van der Waals surface area contributed by atoms with E-state index in [1.807, 2.05) is 0 Å². The molecule has 0 unspecified atom stereocenters. The molecule has 3 aliphatic carbocycles. The average Bonchev–Trinajstić information content (AvgIpc) is 3.13. The first kappa shape index (κ1) is 17.9. The van der Waals surface area contributed by atoms with Crippen LogP contribution in [0.3, 0.4) is 0 Å². The second kappa shape index (κ2) is 6.01. The van der Waals surface area contributed by atoms with E-state index < -0.39 is 14.1 Å².